The van der Waals surface area contributed by atoms with E-state index in [4.69, 9.17) is 10.5 Å². The lowest BCUT2D eigenvalue weighted by Gasteiger charge is -2.35. The third kappa shape index (κ3) is 5.56. The number of carboxylic acid groups (broad SMARTS) is 1. The van der Waals surface area contributed by atoms with Gasteiger partial charge in [0.05, 0.1) is 25.2 Å². The Morgan fingerprint density at radius 1 is 1.18 bits per heavy atom. The fraction of sp³-hybridized carbons (Fsp3) is 0.333. The van der Waals surface area contributed by atoms with Crippen LogP contribution in [0, 0.1) is 5.41 Å². The summed E-state index contributed by atoms with van der Waals surface area (Å²) in [4.78, 5) is 53.1. The first-order valence-electron chi connectivity index (χ1n) is 12.2. The third-order valence-corrected chi connectivity index (χ3v) is 7.03. The zero-order valence-electron chi connectivity index (χ0n) is 21.5. The quantitative estimate of drug-likeness (QED) is 0.311. The number of ether oxygens (including phenoxy) is 1. The molecule has 1 fully saturated rings. The molecule has 40 heavy (non-hydrogen) atoms. The number of aromatic nitrogens is 1. The van der Waals surface area contributed by atoms with Crippen molar-refractivity contribution in [3.05, 3.63) is 64.4 Å². The first-order chi connectivity index (χ1) is 18.7. The number of aromatic amines is 1. The highest BCUT2D eigenvalue weighted by Crippen LogP contribution is 2.38. The summed E-state index contributed by atoms with van der Waals surface area (Å²) in [6.07, 6.45) is -6.30. The lowest BCUT2D eigenvalue weighted by molar-refractivity contribution is -0.145. The number of nitrogens with one attached hydrogen (secondary N) is 2. The van der Waals surface area contributed by atoms with Gasteiger partial charge in [-0.05, 0) is 29.7 Å². The van der Waals surface area contributed by atoms with Crippen LogP contribution in [-0.2, 0) is 20.5 Å². The standard InChI is InChI=1S/C27H27F3N4O6/c1-26(2,22(24(37)38)32-12-16(35)11-31)21-13-34(25(39)40-21)15-8-7-14-9-20(33-23(36)18(14)10-15)17-5-3-4-6-19(17)27(28,29)30/h3-10,21-22,32H,11-13,31H2,1-2H3,(H,33,36)(H,37,38)/t21-,22?/m1/s1. The molecule has 1 saturated heterocycles. The van der Waals surface area contributed by atoms with Gasteiger partial charge in [-0.1, -0.05) is 38.1 Å². The molecular weight excluding hydrogens is 533 g/mol. The van der Waals surface area contributed by atoms with E-state index in [9.17, 15) is 37.5 Å². The molecule has 212 valence electrons. The molecule has 0 radical (unpaired) electrons. The van der Waals surface area contributed by atoms with Crippen molar-refractivity contribution in [1.82, 2.24) is 10.3 Å². The number of anilines is 1. The number of Topliss-reactive ketones (excluding diaryl/α,β-unsaturated/α-hetero) is 1. The topological polar surface area (TPSA) is 155 Å². The van der Waals surface area contributed by atoms with E-state index >= 15 is 0 Å². The number of ketones is 1. The number of pyridine rings is 1. The minimum absolute atomic E-state index is 0.0131. The Hall–Kier alpha value is -4.23. The van der Waals surface area contributed by atoms with Crippen molar-refractivity contribution >= 4 is 34.3 Å². The van der Waals surface area contributed by atoms with Gasteiger partial charge in [-0.3, -0.25) is 24.6 Å². The van der Waals surface area contributed by atoms with E-state index in [0.29, 0.717) is 5.39 Å². The highest BCUT2D eigenvalue weighted by Gasteiger charge is 2.48. The van der Waals surface area contributed by atoms with E-state index < -0.39 is 52.7 Å². The summed E-state index contributed by atoms with van der Waals surface area (Å²) in [7, 11) is 0. The number of hydrogen-bond donors (Lipinski definition) is 4. The van der Waals surface area contributed by atoms with Crippen molar-refractivity contribution in [2.75, 3.05) is 24.5 Å². The Balaban J connectivity index is 1.63. The van der Waals surface area contributed by atoms with Gasteiger partial charge in [0.15, 0.2) is 5.78 Å². The largest absolute Gasteiger partial charge is 0.480 e. The second kappa shape index (κ2) is 10.7. The number of halogens is 3. The fourth-order valence-corrected chi connectivity index (χ4v) is 4.73. The molecule has 1 aliphatic heterocycles. The summed E-state index contributed by atoms with van der Waals surface area (Å²) in [5.74, 6) is -1.64. The van der Waals surface area contributed by atoms with Crippen LogP contribution < -0.4 is 21.5 Å². The van der Waals surface area contributed by atoms with E-state index in [0.717, 1.165) is 6.07 Å². The molecular formula is C27H27F3N4O6. The minimum Gasteiger partial charge on any atom is -0.480 e. The number of hydrogen-bond acceptors (Lipinski definition) is 7. The van der Waals surface area contributed by atoms with Crippen LogP contribution in [-0.4, -0.2) is 59.7 Å². The van der Waals surface area contributed by atoms with E-state index in [-0.39, 0.29) is 42.0 Å². The molecule has 0 spiro atoms. The summed E-state index contributed by atoms with van der Waals surface area (Å²) in [5.41, 5.74) is 2.67. The Morgan fingerprint density at radius 3 is 2.52 bits per heavy atom. The molecule has 10 nitrogen and oxygen atoms in total. The number of nitrogens with two attached hydrogens (primary N) is 1. The number of benzene rings is 2. The maximum atomic E-state index is 13.5. The van der Waals surface area contributed by atoms with Gasteiger partial charge in [-0.15, -0.1) is 0 Å². The predicted molar refractivity (Wildman–Crippen MR) is 140 cm³/mol. The number of alkyl halides is 3. The van der Waals surface area contributed by atoms with Crippen LogP contribution in [0.15, 0.2) is 53.3 Å². The number of amides is 1. The van der Waals surface area contributed by atoms with Crippen LogP contribution in [0.2, 0.25) is 0 Å². The van der Waals surface area contributed by atoms with Crippen LogP contribution in [0.1, 0.15) is 19.4 Å². The molecule has 1 aliphatic rings. The average Bonchev–Trinajstić information content (AvgIpc) is 3.30. The zero-order valence-corrected chi connectivity index (χ0v) is 21.5. The van der Waals surface area contributed by atoms with Crippen LogP contribution in [0.5, 0.6) is 0 Å². The van der Waals surface area contributed by atoms with E-state index in [2.05, 4.69) is 10.3 Å². The van der Waals surface area contributed by atoms with Gasteiger partial charge in [0.25, 0.3) is 5.56 Å². The number of carbonyl (C=O) groups excluding carboxylic acids is 2. The molecule has 1 aromatic heterocycles. The summed E-state index contributed by atoms with van der Waals surface area (Å²) >= 11 is 0. The first kappa shape index (κ1) is 28.8. The molecule has 2 aromatic carbocycles. The lowest BCUT2D eigenvalue weighted by atomic mass is 9.78. The van der Waals surface area contributed by atoms with Crippen LogP contribution in [0.4, 0.5) is 23.7 Å². The monoisotopic (exact) mass is 560 g/mol. The fourth-order valence-electron chi connectivity index (χ4n) is 4.73. The Labute approximate surface area is 225 Å². The molecule has 4 rings (SSSR count). The molecule has 2 atom stereocenters. The third-order valence-electron chi connectivity index (χ3n) is 7.03. The van der Waals surface area contributed by atoms with Crippen molar-refractivity contribution in [3.8, 4) is 11.3 Å². The number of carboxylic acids is 1. The number of rotatable bonds is 9. The van der Waals surface area contributed by atoms with Crippen molar-refractivity contribution in [3.63, 3.8) is 0 Å². The van der Waals surface area contributed by atoms with Gasteiger partial charge < -0.3 is 20.6 Å². The van der Waals surface area contributed by atoms with Crippen molar-refractivity contribution < 1.29 is 37.4 Å². The molecule has 3 aromatic rings. The minimum atomic E-state index is -4.62. The van der Waals surface area contributed by atoms with Crippen molar-refractivity contribution in [2.24, 2.45) is 11.1 Å². The van der Waals surface area contributed by atoms with E-state index in [1.807, 2.05) is 0 Å². The van der Waals surface area contributed by atoms with Crippen LogP contribution in [0.25, 0.3) is 22.0 Å². The zero-order chi connectivity index (χ0) is 29.4. The summed E-state index contributed by atoms with van der Waals surface area (Å²) in [6.45, 7) is 2.58. The number of H-pyrrole nitrogens is 1. The maximum absolute atomic E-state index is 13.5. The average molecular weight is 561 g/mol. The van der Waals surface area contributed by atoms with Gasteiger partial charge in [-0.25, -0.2) is 4.79 Å². The van der Waals surface area contributed by atoms with Gasteiger partial charge in [-0.2, -0.15) is 13.2 Å². The predicted octanol–water partition coefficient (Wildman–Crippen LogP) is 3.14. The Kier molecular flexibility index (Phi) is 7.72. The SMILES string of the molecule is CC(C)(C(NCC(=O)CN)C(=O)O)[C@H]1CN(c2ccc3cc(-c4ccccc4C(F)(F)F)[nH]c(=O)c3c2)C(=O)O1. The summed E-state index contributed by atoms with van der Waals surface area (Å²) in [6, 6.07) is 9.50. The Morgan fingerprint density at radius 2 is 1.88 bits per heavy atom. The molecule has 2 heterocycles. The molecule has 1 unspecified atom stereocenters. The molecule has 0 bridgehead atoms. The van der Waals surface area contributed by atoms with Gasteiger partial charge in [0.1, 0.15) is 12.1 Å². The van der Waals surface area contributed by atoms with Gasteiger partial charge in [0, 0.05) is 27.7 Å². The van der Waals surface area contributed by atoms with E-state index in [1.165, 1.54) is 47.4 Å². The molecule has 0 saturated carbocycles. The van der Waals surface area contributed by atoms with Crippen LogP contribution in [0.3, 0.4) is 0 Å². The van der Waals surface area contributed by atoms with Crippen molar-refractivity contribution in [2.45, 2.75) is 32.2 Å². The molecule has 0 aliphatic carbocycles. The van der Waals surface area contributed by atoms with Gasteiger partial charge >= 0.3 is 18.2 Å². The highest BCUT2D eigenvalue weighted by molar-refractivity contribution is 5.95. The smallest absolute Gasteiger partial charge is 0.417 e. The van der Waals surface area contributed by atoms with Crippen molar-refractivity contribution in [1.29, 1.82) is 0 Å². The number of fused-ring (bicyclic) bond motifs is 1. The molecule has 13 heteroatoms. The summed E-state index contributed by atoms with van der Waals surface area (Å²) in [5, 5.41) is 12.9. The highest BCUT2D eigenvalue weighted by atomic mass is 19.4. The lowest BCUT2D eigenvalue weighted by Crippen LogP contribution is -2.55. The van der Waals surface area contributed by atoms with E-state index in [1.54, 1.807) is 13.8 Å². The second-order valence-corrected chi connectivity index (χ2v) is 10.0. The molecule has 5 N–H and O–H groups in total. The number of aliphatic carboxylic acids is 1. The maximum Gasteiger partial charge on any atom is 0.417 e. The number of carbonyl (C=O) groups is 3. The number of nitrogens with zero attached hydrogens (tertiary/aromatic N) is 1. The first-order valence-corrected chi connectivity index (χ1v) is 12.2. The van der Waals surface area contributed by atoms with Crippen LogP contribution >= 0.6 is 0 Å². The second-order valence-electron chi connectivity index (χ2n) is 10.0. The van der Waals surface area contributed by atoms with Gasteiger partial charge in [0.2, 0.25) is 0 Å². The number of cyclic esters (lactones) is 1. The molecule has 1 amide bonds. The normalized spacial score (nSPS) is 16.7. The summed E-state index contributed by atoms with van der Waals surface area (Å²) < 4.78 is 46.1. The Bertz CT molecular complexity index is 1530.